The molecule has 0 N–H and O–H groups in total. The average molecular weight is 862 g/mol. The molecule has 9 rings (SSSR count). The first kappa shape index (κ1) is 22.9. The average Bonchev–Trinajstić information content (AvgIpc) is 3.64. The Kier molecular flexibility index (Phi) is 6.55. The van der Waals surface area contributed by atoms with Gasteiger partial charge in [-0.3, -0.25) is 0 Å². The van der Waals surface area contributed by atoms with Crippen LogP contribution in [0.1, 0.15) is 38.8 Å². The van der Waals surface area contributed by atoms with Gasteiger partial charge in [-0.25, -0.2) is 4.98 Å². The Morgan fingerprint density at radius 2 is 1.48 bits per heavy atom. The van der Waals surface area contributed by atoms with Crippen molar-refractivity contribution >= 4 is 32.8 Å². The van der Waals surface area contributed by atoms with Crippen LogP contribution in [0.5, 0.6) is 0 Å². The van der Waals surface area contributed by atoms with Gasteiger partial charge in [0, 0.05) is 60.0 Å². The second kappa shape index (κ2) is 14.9. The van der Waals surface area contributed by atoms with Gasteiger partial charge in [0.2, 0.25) is 5.71 Å². The molecule has 5 heteroatoms. The van der Waals surface area contributed by atoms with Crippen LogP contribution in [0.2, 0.25) is 0 Å². The first-order valence-corrected chi connectivity index (χ1v) is 16.1. The molecule has 4 heterocycles. The maximum Gasteiger partial charge on any atom is 0.216 e. The van der Waals surface area contributed by atoms with Gasteiger partial charge in [0.1, 0.15) is 0 Å². The van der Waals surface area contributed by atoms with E-state index in [0.717, 1.165) is 27.3 Å². The zero-order valence-corrected chi connectivity index (χ0v) is 29.8. The van der Waals surface area contributed by atoms with E-state index in [4.69, 9.17) is 20.9 Å². The van der Waals surface area contributed by atoms with Crippen LogP contribution in [0.3, 0.4) is 0 Å². The number of benzene rings is 5. The largest absolute Gasteiger partial charge is 0.486 e. The maximum absolute atomic E-state index is 8.50. The Hall–Kier alpha value is -5.74. The number of pyridine rings is 3. The first-order chi connectivity index (χ1) is 29.8. The molecule has 0 bridgehead atoms. The Morgan fingerprint density at radius 3 is 2.25 bits per heavy atom. The molecule has 0 spiro atoms. The van der Waals surface area contributed by atoms with Crippen molar-refractivity contribution in [1.29, 1.82) is 0 Å². The molecule has 255 valence electrons. The second-order valence-corrected chi connectivity index (χ2v) is 11.9. The minimum atomic E-state index is -2.39. The minimum Gasteiger partial charge on any atom is -0.486 e. The fourth-order valence-corrected chi connectivity index (χ4v) is 6.22. The van der Waals surface area contributed by atoms with Gasteiger partial charge in [-0.1, -0.05) is 96.7 Å². The number of nitrogens with zero attached hydrogens (tertiary/aromatic N) is 3. The van der Waals surface area contributed by atoms with E-state index in [-0.39, 0.29) is 48.2 Å². The third-order valence-electron chi connectivity index (χ3n) is 8.58. The van der Waals surface area contributed by atoms with Crippen LogP contribution >= 0.6 is 0 Å². The third kappa shape index (κ3) is 6.81. The summed E-state index contributed by atoms with van der Waals surface area (Å²) in [6, 6.07) is 43.5. The molecule has 0 amide bonds. The van der Waals surface area contributed by atoms with Crippen molar-refractivity contribution in [2.75, 3.05) is 0 Å². The van der Waals surface area contributed by atoms with E-state index in [1.807, 2.05) is 72.8 Å². The number of hydrogen-bond donors (Lipinski definition) is 0. The summed E-state index contributed by atoms with van der Waals surface area (Å²) in [5.74, 6) is 0. The van der Waals surface area contributed by atoms with Crippen LogP contribution in [0, 0.1) is 39.5 Å². The summed E-state index contributed by atoms with van der Waals surface area (Å²) in [7, 11) is 0. The van der Waals surface area contributed by atoms with Crippen LogP contribution < -0.4 is 0 Å². The smallest absolute Gasteiger partial charge is 0.216 e. The van der Waals surface area contributed by atoms with Gasteiger partial charge in [-0.05, 0) is 94.3 Å². The summed E-state index contributed by atoms with van der Waals surface area (Å²) in [5, 5.41) is 3.19. The van der Waals surface area contributed by atoms with Gasteiger partial charge in [0.15, 0.2) is 0 Å². The van der Waals surface area contributed by atoms with Crippen molar-refractivity contribution in [1.82, 2.24) is 15.0 Å². The second-order valence-electron chi connectivity index (χ2n) is 11.9. The molecule has 4 nitrogen and oxygen atoms in total. The molecule has 5 aromatic carbocycles. The summed E-state index contributed by atoms with van der Waals surface area (Å²) in [5.41, 5.74) is 6.62. The summed E-state index contributed by atoms with van der Waals surface area (Å²) >= 11 is 0. The van der Waals surface area contributed by atoms with Crippen LogP contribution in [0.15, 0.2) is 144 Å². The Bertz CT molecular complexity index is 3050. The standard InChI is InChI=1S/C34H23N2O.C13H12N.Ir/c1-21-19-30(23-9-4-3-5-10-23)25-11-6-7-12-26(25)32(21)24-17-18-35-31(20-24)29-14-8-13-27-28-16-15-22(2)36-34(28)37-33(27)29;1-10-3-6-12(7-4-10)13-8-5-11(2)9-14-13;/h3-13,15-20H,1-2H3;3-6,8-9H,1-2H3;/q2*-1;/i2*1D3,2D3;. The third-order valence-corrected chi connectivity index (χ3v) is 8.58. The van der Waals surface area contributed by atoms with Gasteiger partial charge in [-0.15, -0.1) is 53.6 Å². The number of aromatic nitrogens is 3. The predicted octanol–water partition coefficient (Wildman–Crippen LogP) is 12.1. The summed E-state index contributed by atoms with van der Waals surface area (Å²) < 4.78 is 98.4. The van der Waals surface area contributed by atoms with E-state index in [9.17, 15) is 0 Å². The molecule has 0 saturated heterocycles. The molecule has 0 saturated carbocycles. The molecule has 52 heavy (non-hydrogen) atoms. The predicted molar refractivity (Wildman–Crippen MR) is 209 cm³/mol. The normalized spacial score (nSPS) is 15.3. The zero-order chi connectivity index (χ0) is 44.9. The summed E-state index contributed by atoms with van der Waals surface area (Å²) in [4.78, 5) is 12.9. The molecule has 0 aliphatic heterocycles. The fourth-order valence-electron chi connectivity index (χ4n) is 6.22. The molecule has 1 radical (unpaired) electrons. The Balaban J connectivity index is 0.000000246. The van der Waals surface area contributed by atoms with E-state index >= 15 is 0 Å². The van der Waals surface area contributed by atoms with Crippen LogP contribution in [0.25, 0.3) is 77.6 Å². The molecule has 0 aliphatic rings. The number of rotatable bonds is 4. The summed E-state index contributed by atoms with van der Waals surface area (Å²) in [6.45, 7) is -9.09. The van der Waals surface area contributed by atoms with Crippen LogP contribution in [-0.4, -0.2) is 15.0 Å². The molecule has 0 fully saturated rings. The number of aryl methyl sites for hydroxylation is 4. The molecule has 0 atom stereocenters. The molecular weight excluding hydrogens is 815 g/mol. The van der Waals surface area contributed by atoms with E-state index in [1.54, 1.807) is 36.5 Å². The van der Waals surface area contributed by atoms with Crippen LogP contribution in [0.4, 0.5) is 0 Å². The number of fused-ring (bicyclic) bond motifs is 4. The molecule has 4 aromatic heterocycles. The van der Waals surface area contributed by atoms with E-state index in [1.165, 1.54) is 30.5 Å². The Morgan fingerprint density at radius 1 is 0.635 bits per heavy atom. The van der Waals surface area contributed by atoms with Gasteiger partial charge in [0.25, 0.3) is 0 Å². The van der Waals surface area contributed by atoms with Gasteiger partial charge in [0.05, 0.1) is 5.58 Å². The Labute approximate surface area is 334 Å². The molecule has 0 unspecified atom stereocenters. The van der Waals surface area contributed by atoms with Crippen molar-refractivity contribution in [3.8, 4) is 44.8 Å². The molecule has 9 aromatic rings. The SMILES string of the molecule is [2H]C([2H])([2H])c1c[c-]c(-c2ccc(C([2H])([2H])[2H])cn2)cc1.[2H]C([2H])([2H])c1ccc2c(n1)oc1c(-c3cc(-c4c(C([2H])([2H])[2H])cc(-c5ccccc5)c5ccccc45)ccn3)[c-]ccc12.[Ir]. The molecule has 0 aliphatic carbocycles. The van der Waals surface area contributed by atoms with Gasteiger partial charge >= 0.3 is 0 Å². The van der Waals surface area contributed by atoms with Crippen molar-refractivity contribution < 1.29 is 41.0 Å². The monoisotopic (exact) mass is 862 g/mol. The van der Waals surface area contributed by atoms with Gasteiger partial charge < -0.3 is 14.4 Å². The minimum absolute atomic E-state index is 0. The van der Waals surface area contributed by atoms with Crippen LogP contribution in [-0.2, 0) is 20.1 Å². The van der Waals surface area contributed by atoms with E-state index in [0.29, 0.717) is 44.6 Å². The quantitative estimate of drug-likeness (QED) is 0.165. The van der Waals surface area contributed by atoms with E-state index < -0.39 is 27.4 Å². The van der Waals surface area contributed by atoms with Gasteiger partial charge in [-0.2, -0.15) is 0 Å². The summed E-state index contributed by atoms with van der Waals surface area (Å²) in [6.07, 6.45) is 2.95. The van der Waals surface area contributed by atoms with E-state index in [2.05, 4.69) is 27.1 Å². The number of furan rings is 1. The fraction of sp³-hybridized carbons (Fsp3) is 0.0851. The topological polar surface area (TPSA) is 51.8 Å². The first-order valence-electron chi connectivity index (χ1n) is 22.1. The van der Waals surface area contributed by atoms with Crippen molar-refractivity contribution in [2.24, 2.45) is 0 Å². The molecular formula is C47H35IrN3O-2. The van der Waals surface area contributed by atoms with Crippen molar-refractivity contribution in [3.05, 3.63) is 174 Å². The number of hydrogen-bond acceptors (Lipinski definition) is 4. The van der Waals surface area contributed by atoms with Crippen molar-refractivity contribution in [3.63, 3.8) is 0 Å². The zero-order valence-electron chi connectivity index (χ0n) is 39.4. The van der Waals surface area contributed by atoms with Crippen molar-refractivity contribution in [2.45, 2.75) is 27.4 Å². The maximum atomic E-state index is 8.50.